The number of nitrogens with one attached hydrogen (secondary N) is 2. The van der Waals surface area contributed by atoms with Crippen LogP contribution in [0, 0.1) is 6.92 Å². The Morgan fingerprint density at radius 2 is 2.10 bits per heavy atom. The zero-order valence-corrected chi connectivity index (χ0v) is 24.5. The molecule has 5 rings (SSSR count). The number of nitrogens with zero attached hydrogens (tertiary/aromatic N) is 1. The van der Waals surface area contributed by atoms with E-state index < -0.39 is 35.2 Å². The second-order valence-electron chi connectivity index (χ2n) is 11.6. The molecule has 2 saturated heterocycles. The third-order valence-corrected chi connectivity index (χ3v) is 9.40. The van der Waals surface area contributed by atoms with Crippen LogP contribution in [0.5, 0.6) is 11.5 Å². The number of aliphatic hydroxyl groups is 1. The lowest BCUT2D eigenvalue weighted by molar-refractivity contribution is -0.171. The molecular formula is C30H41N3O8. The van der Waals surface area contributed by atoms with E-state index in [0.717, 1.165) is 30.5 Å². The number of piperidine rings is 1. The van der Waals surface area contributed by atoms with Gasteiger partial charge in [0.2, 0.25) is 5.91 Å². The number of likely N-dealkylation sites (tertiary alicyclic amines) is 1. The Morgan fingerprint density at radius 1 is 1.32 bits per heavy atom. The second-order valence-corrected chi connectivity index (χ2v) is 11.6. The van der Waals surface area contributed by atoms with E-state index >= 15 is 0 Å². The third kappa shape index (κ3) is 4.87. The van der Waals surface area contributed by atoms with Crippen LogP contribution in [0.1, 0.15) is 57.1 Å². The summed E-state index contributed by atoms with van der Waals surface area (Å²) in [5.41, 5.74) is -0.229. The summed E-state index contributed by atoms with van der Waals surface area (Å²) in [6.45, 7) is 7.07. The molecule has 3 heterocycles. The van der Waals surface area contributed by atoms with E-state index in [1.807, 2.05) is 33.0 Å². The average Bonchev–Trinajstić information content (AvgIpc) is 3.61. The fourth-order valence-electron chi connectivity index (χ4n) is 6.98. The zero-order chi connectivity index (χ0) is 29.5. The fraction of sp³-hybridized carbons (Fsp3) is 0.633. The van der Waals surface area contributed by atoms with Crippen LogP contribution in [0.25, 0.3) is 0 Å². The highest BCUT2D eigenvalue weighted by Crippen LogP contribution is 2.62. The van der Waals surface area contributed by atoms with Crippen molar-refractivity contribution in [1.29, 1.82) is 0 Å². The van der Waals surface area contributed by atoms with Crippen LogP contribution in [0.4, 0.5) is 0 Å². The molecule has 1 aromatic carbocycles. The lowest BCUT2D eigenvalue weighted by Gasteiger charge is -2.58. The molecule has 0 unspecified atom stereocenters. The van der Waals surface area contributed by atoms with E-state index in [2.05, 4.69) is 15.5 Å². The first-order valence-electron chi connectivity index (χ1n) is 14.4. The van der Waals surface area contributed by atoms with Crippen LogP contribution in [0.15, 0.2) is 24.0 Å². The molecule has 224 valence electrons. The Hall–Kier alpha value is -3.15. The van der Waals surface area contributed by atoms with E-state index in [1.165, 1.54) is 6.92 Å². The highest BCUT2D eigenvalue weighted by atomic mass is 16.6. The SMILES string of the molecule is COc1ccc(C)c2c1O[C@H]1C(OC(=O)[C@H](C)OC(=O)CCNC(=O)[C@@H]3CCCN3)=CC[C@@]3(O)[C@@H](C)N(C)CC[C@]213. The molecule has 11 nitrogen and oxygen atoms in total. The van der Waals surface area contributed by atoms with Crippen molar-refractivity contribution < 1.29 is 38.4 Å². The Morgan fingerprint density at radius 3 is 2.80 bits per heavy atom. The van der Waals surface area contributed by atoms with Crippen LogP contribution < -0.4 is 20.1 Å². The van der Waals surface area contributed by atoms with Crippen molar-refractivity contribution in [2.24, 2.45) is 0 Å². The van der Waals surface area contributed by atoms with Gasteiger partial charge in [0, 0.05) is 24.6 Å². The van der Waals surface area contributed by atoms with E-state index in [0.29, 0.717) is 24.5 Å². The zero-order valence-electron chi connectivity index (χ0n) is 24.5. The van der Waals surface area contributed by atoms with Gasteiger partial charge in [-0.15, -0.1) is 0 Å². The molecule has 6 atom stereocenters. The lowest BCUT2D eigenvalue weighted by atomic mass is 9.54. The van der Waals surface area contributed by atoms with Crippen molar-refractivity contribution >= 4 is 17.8 Å². The summed E-state index contributed by atoms with van der Waals surface area (Å²) in [5.74, 6) is -0.125. The summed E-state index contributed by atoms with van der Waals surface area (Å²) in [5, 5.41) is 18.2. The smallest absolute Gasteiger partial charge is 0.352 e. The number of hydrogen-bond acceptors (Lipinski definition) is 10. The van der Waals surface area contributed by atoms with Crippen LogP contribution in [-0.2, 0) is 29.3 Å². The summed E-state index contributed by atoms with van der Waals surface area (Å²) in [7, 11) is 3.56. The molecule has 3 aliphatic heterocycles. The monoisotopic (exact) mass is 571 g/mol. The number of methoxy groups -OCH3 is 1. The van der Waals surface area contributed by atoms with Crippen LogP contribution >= 0.6 is 0 Å². The highest BCUT2D eigenvalue weighted by molar-refractivity contribution is 5.83. The number of ether oxygens (including phenoxy) is 4. The number of aryl methyl sites for hydroxylation is 1. The third-order valence-electron chi connectivity index (χ3n) is 9.40. The van der Waals surface area contributed by atoms with Crippen molar-refractivity contribution in [3.05, 3.63) is 35.1 Å². The first-order chi connectivity index (χ1) is 19.5. The van der Waals surface area contributed by atoms with E-state index in [1.54, 1.807) is 13.2 Å². The molecule has 2 fully saturated rings. The van der Waals surface area contributed by atoms with Gasteiger partial charge >= 0.3 is 11.9 Å². The maximum atomic E-state index is 13.1. The van der Waals surface area contributed by atoms with Gasteiger partial charge in [0.1, 0.15) is 5.76 Å². The summed E-state index contributed by atoms with van der Waals surface area (Å²) in [4.78, 5) is 39.8. The van der Waals surface area contributed by atoms with E-state index in [9.17, 15) is 19.5 Å². The number of benzene rings is 1. The first kappa shape index (κ1) is 29.3. The fourth-order valence-corrected chi connectivity index (χ4v) is 6.98. The number of fused-ring (bicyclic) bond motifs is 1. The average molecular weight is 572 g/mol. The summed E-state index contributed by atoms with van der Waals surface area (Å²) in [6.07, 6.45) is 2.24. The number of likely N-dealkylation sites (N-methyl/N-ethyl adjacent to an activating group) is 1. The molecule has 41 heavy (non-hydrogen) atoms. The van der Waals surface area contributed by atoms with Gasteiger partial charge in [0.05, 0.1) is 30.6 Å². The van der Waals surface area contributed by atoms with Gasteiger partial charge in [-0.25, -0.2) is 4.79 Å². The molecule has 1 spiro atoms. The van der Waals surface area contributed by atoms with Gasteiger partial charge in [0.25, 0.3) is 0 Å². The van der Waals surface area contributed by atoms with Crippen molar-refractivity contribution in [1.82, 2.24) is 15.5 Å². The molecule has 0 saturated carbocycles. The number of esters is 2. The van der Waals surface area contributed by atoms with Gasteiger partial charge < -0.3 is 39.6 Å². The second kappa shape index (κ2) is 11.3. The Bertz CT molecular complexity index is 1240. The standard InChI is InChI=1S/C30H41N3O8/c1-17-8-9-21(38-5)25-24(17)29-13-16-33(4)19(3)30(29,37)12-10-22(26(29)41-25)40-28(36)18(2)39-23(34)11-15-32-27(35)20-7-6-14-31-20/h8-10,18-20,26,31,37H,6-7,11-16H2,1-5H3,(H,32,35)/t18-,19+,20-,26-,29-,30+/m0/s1. The predicted octanol–water partition coefficient (Wildman–Crippen LogP) is 1.48. The molecule has 1 aromatic rings. The van der Waals surface area contributed by atoms with Gasteiger partial charge in [0.15, 0.2) is 23.7 Å². The number of amides is 1. The number of carbonyl (C=O) groups is 3. The molecule has 4 aliphatic rings. The van der Waals surface area contributed by atoms with E-state index in [-0.39, 0.29) is 43.1 Å². The summed E-state index contributed by atoms with van der Waals surface area (Å²) < 4.78 is 23.3. The Labute approximate surface area is 240 Å². The maximum Gasteiger partial charge on any atom is 0.352 e. The quantitative estimate of drug-likeness (QED) is 0.394. The molecule has 0 aromatic heterocycles. The molecule has 1 amide bonds. The Kier molecular flexibility index (Phi) is 8.06. The minimum absolute atomic E-state index is 0.0690. The van der Waals surface area contributed by atoms with Crippen LogP contribution in [-0.4, -0.2) is 91.5 Å². The van der Waals surface area contributed by atoms with Gasteiger partial charge in [-0.1, -0.05) is 6.07 Å². The van der Waals surface area contributed by atoms with Crippen LogP contribution in [0.3, 0.4) is 0 Å². The maximum absolute atomic E-state index is 13.1. The minimum Gasteiger partial charge on any atom is -0.493 e. The molecule has 0 radical (unpaired) electrons. The minimum atomic E-state index is -1.19. The molecule has 3 N–H and O–H groups in total. The highest BCUT2D eigenvalue weighted by Gasteiger charge is 2.69. The van der Waals surface area contributed by atoms with Crippen molar-refractivity contribution in [3.63, 3.8) is 0 Å². The molecule has 1 aliphatic carbocycles. The van der Waals surface area contributed by atoms with Crippen molar-refractivity contribution in [2.75, 3.05) is 33.8 Å². The predicted molar refractivity (Wildman–Crippen MR) is 148 cm³/mol. The largest absolute Gasteiger partial charge is 0.493 e. The molecule has 0 bridgehead atoms. The topological polar surface area (TPSA) is 136 Å². The van der Waals surface area contributed by atoms with Gasteiger partial charge in [-0.2, -0.15) is 0 Å². The summed E-state index contributed by atoms with van der Waals surface area (Å²) in [6, 6.07) is 3.37. The first-order valence-corrected chi connectivity index (χ1v) is 14.4. The molecule has 11 heteroatoms. The molecular weight excluding hydrogens is 530 g/mol. The number of rotatable bonds is 8. The lowest BCUT2D eigenvalue weighted by Crippen LogP contribution is -2.71. The number of carbonyl (C=O) groups excluding carboxylic acids is 3. The van der Waals surface area contributed by atoms with Crippen molar-refractivity contribution in [3.8, 4) is 11.5 Å². The van der Waals surface area contributed by atoms with Crippen LogP contribution in [0.2, 0.25) is 0 Å². The van der Waals surface area contributed by atoms with Crippen molar-refractivity contribution in [2.45, 2.75) is 88.2 Å². The Balaban J connectivity index is 1.30. The van der Waals surface area contributed by atoms with Gasteiger partial charge in [-0.3, -0.25) is 9.59 Å². The van der Waals surface area contributed by atoms with Gasteiger partial charge in [-0.05, 0) is 77.9 Å². The summed E-state index contributed by atoms with van der Waals surface area (Å²) >= 11 is 0. The number of hydrogen-bond donors (Lipinski definition) is 3. The normalized spacial score (nSPS) is 31.1. The van der Waals surface area contributed by atoms with E-state index in [4.69, 9.17) is 18.9 Å².